The lowest BCUT2D eigenvalue weighted by molar-refractivity contribution is -0.139. The molecule has 2 amide bonds. The molecule has 180 valence electrons. The molecule has 2 aromatic rings. The smallest absolute Gasteiger partial charge is 0.244 e. The Hall–Kier alpha value is -2.65. The predicted octanol–water partition coefficient (Wildman–Crippen LogP) is 3.50. The third-order valence-electron chi connectivity index (χ3n) is 5.17. The zero-order chi connectivity index (χ0) is 24.8. The molecule has 0 unspecified atom stereocenters. The Kier molecular flexibility index (Phi) is 9.25. The number of hydrogen-bond acceptors (Lipinski definition) is 4. The molecule has 1 atom stereocenters. The first-order valence-electron chi connectivity index (χ1n) is 10.5. The van der Waals surface area contributed by atoms with Gasteiger partial charge < -0.3 is 10.2 Å². The second kappa shape index (κ2) is 11.5. The van der Waals surface area contributed by atoms with Crippen molar-refractivity contribution in [2.24, 2.45) is 0 Å². The molecule has 0 aliphatic carbocycles. The summed E-state index contributed by atoms with van der Waals surface area (Å²) in [6, 6.07) is 9.47. The van der Waals surface area contributed by atoms with Crippen LogP contribution in [0.2, 0.25) is 5.02 Å². The summed E-state index contributed by atoms with van der Waals surface area (Å²) in [6.07, 6.45) is 1.72. The van der Waals surface area contributed by atoms with E-state index in [0.29, 0.717) is 22.7 Å². The number of benzene rings is 2. The Bertz CT molecular complexity index is 1090. The van der Waals surface area contributed by atoms with Crippen molar-refractivity contribution in [1.29, 1.82) is 0 Å². The standard InChI is InChI=1S/C23H29ClFN3O4S/c1-5-13-26-23(30)17(3)27(14-18-9-11-19(25)12-10-18)22(29)15-28(33(4,31)32)21-8-6-7-20(24)16(21)2/h6-12,17H,5,13-15H2,1-4H3,(H,26,30)/t17-/m1/s1. The zero-order valence-electron chi connectivity index (χ0n) is 19.1. The lowest BCUT2D eigenvalue weighted by atomic mass is 10.1. The molecule has 0 radical (unpaired) electrons. The topological polar surface area (TPSA) is 86.8 Å². The monoisotopic (exact) mass is 497 g/mol. The van der Waals surface area contributed by atoms with Crippen molar-refractivity contribution in [3.63, 3.8) is 0 Å². The summed E-state index contributed by atoms with van der Waals surface area (Å²) in [5, 5.41) is 3.12. The van der Waals surface area contributed by atoms with Gasteiger partial charge in [-0.05, 0) is 55.7 Å². The van der Waals surface area contributed by atoms with Crippen LogP contribution in [0.25, 0.3) is 0 Å². The fraction of sp³-hybridized carbons (Fsp3) is 0.391. The number of amides is 2. The van der Waals surface area contributed by atoms with E-state index >= 15 is 0 Å². The molecule has 7 nitrogen and oxygen atoms in total. The Morgan fingerprint density at radius 2 is 1.79 bits per heavy atom. The molecule has 0 spiro atoms. The van der Waals surface area contributed by atoms with Crippen molar-refractivity contribution in [2.45, 2.75) is 39.8 Å². The van der Waals surface area contributed by atoms with Crippen molar-refractivity contribution in [2.75, 3.05) is 23.7 Å². The van der Waals surface area contributed by atoms with Crippen LogP contribution in [0.4, 0.5) is 10.1 Å². The number of sulfonamides is 1. The van der Waals surface area contributed by atoms with Gasteiger partial charge in [0.05, 0.1) is 11.9 Å². The first-order valence-corrected chi connectivity index (χ1v) is 12.7. The van der Waals surface area contributed by atoms with E-state index in [4.69, 9.17) is 11.6 Å². The molecule has 0 aromatic heterocycles. The lowest BCUT2D eigenvalue weighted by Gasteiger charge is -2.32. The number of rotatable bonds is 10. The molecule has 33 heavy (non-hydrogen) atoms. The minimum Gasteiger partial charge on any atom is -0.354 e. The van der Waals surface area contributed by atoms with E-state index in [1.165, 1.54) is 29.2 Å². The van der Waals surface area contributed by atoms with Crippen LogP contribution in [-0.4, -0.2) is 50.5 Å². The lowest BCUT2D eigenvalue weighted by Crippen LogP contribution is -2.51. The van der Waals surface area contributed by atoms with E-state index < -0.39 is 34.3 Å². The largest absolute Gasteiger partial charge is 0.354 e. The summed E-state index contributed by atoms with van der Waals surface area (Å²) in [4.78, 5) is 27.3. The average Bonchev–Trinajstić information content (AvgIpc) is 2.76. The van der Waals surface area contributed by atoms with Gasteiger partial charge in [-0.15, -0.1) is 0 Å². The predicted molar refractivity (Wildman–Crippen MR) is 128 cm³/mol. The van der Waals surface area contributed by atoms with Crippen molar-refractivity contribution < 1.29 is 22.4 Å². The fourth-order valence-corrected chi connectivity index (χ4v) is 4.30. The van der Waals surface area contributed by atoms with Crippen LogP contribution >= 0.6 is 11.6 Å². The molecule has 2 aromatic carbocycles. The second-order valence-electron chi connectivity index (χ2n) is 7.77. The van der Waals surface area contributed by atoms with Crippen LogP contribution in [0, 0.1) is 12.7 Å². The Morgan fingerprint density at radius 3 is 2.36 bits per heavy atom. The van der Waals surface area contributed by atoms with Gasteiger partial charge in [0.15, 0.2) is 0 Å². The van der Waals surface area contributed by atoms with Crippen LogP contribution < -0.4 is 9.62 Å². The van der Waals surface area contributed by atoms with Gasteiger partial charge in [-0.25, -0.2) is 12.8 Å². The van der Waals surface area contributed by atoms with E-state index in [9.17, 15) is 22.4 Å². The molecule has 1 N–H and O–H groups in total. The minimum absolute atomic E-state index is 0.00591. The highest BCUT2D eigenvalue weighted by Gasteiger charge is 2.30. The highest BCUT2D eigenvalue weighted by molar-refractivity contribution is 7.92. The Labute approximate surface area is 199 Å². The third-order valence-corrected chi connectivity index (χ3v) is 6.71. The Morgan fingerprint density at radius 1 is 1.15 bits per heavy atom. The molecule has 0 aliphatic heterocycles. The molecule has 0 aliphatic rings. The molecular weight excluding hydrogens is 469 g/mol. The maximum atomic E-state index is 13.4. The molecule has 0 saturated heterocycles. The molecule has 10 heteroatoms. The quantitative estimate of drug-likeness (QED) is 0.544. The van der Waals surface area contributed by atoms with Gasteiger partial charge in [0, 0.05) is 18.1 Å². The van der Waals surface area contributed by atoms with E-state index in [0.717, 1.165) is 17.0 Å². The summed E-state index contributed by atoms with van der Waals surface area (Å²) in [5.41, 5.74) is 1.39. The van der Waals surface area contributed by atoms with Gasteiger partial charge in [0.2, 0.25) is 21.8 Å². The number of hydrogen-bond donors (Lipinski definition) is 1. The Balaban J connectivity index is 2.40. The van der Waals surface area contributed by atoms with E-state index in [2.05, 4.69) is 5.32 Å². The van der Waals surface area contributed by atoms with Crippen LogP contribution in [0.5, 0.6) is 0 Å². The SMILES string of the molecule is CCCNC(=O)[C@@H](C)N(Cc1ccc(F)cc1)C(=O)CN(c1cccc(Cl)c1C)S(C)(=O)=O. The zero-order valence-corrected chi connectivity index (χ0v) is 20.7. The third kappa shape index (κ3) is 7.17. The maximum absolute atomic E-state index is 13.4. The summed E-state index contributed by atoms with van der Waals surface area (Å²) >= 11 is 6.17. The number of nitrogens with zero attached hydrogens (tertiary/aromatic N) is 2. The van der Waals surface area contributed by atoms with E-state index in [-0.39, 0.29) is 18.1 Å². The van der Waals surface area contributed by atoms with Crippen LogP contribution in [0.15, 0.2) is 42.5 Å². The van der Waals surface area contributed by atoms with Gasteiger partial charge in [-0.1, -0.05) is 36.7 Å². The van der Waals surface area contributed by atoms with Gasteiger partial charge in [0.25, 0.3) is 0 Å². The second-order valence-corrected chi connectivity index (χ2v) is 10.1. The number of anilines is 1. The summed E-state index contributed by atoms with van der Waals surface area (Å²) in [6.45, 7) is 5.07. The summed E-state index contributed by atoms with van der Waals surface area (Å²) < 4.78 is 39.5. The number of carbonyl (C=O) groups excluding carboxylic acids is 2. The molecule has 0 saturated carbocycles. The number of nitrogens with one attached hydrogen (secondary N) is 1. The van der Waals surface area contributed by atoms with Crippen molar-refractivity contribution in [3.8, 4) is 0 Å². The highest BCUT2D eigenvalue weighted by Crippen LogP contribution is 2.28. The summed E-state index contributed by atoms with van der Waals surface area (Å²) in [7, 11) is -3.85. The molecule has 0 fully saturated rings. The van der Waals surface area contributed by atoms with Gasteiger partial charge in [0.1, 0.15) is 18.4 Å². The van der Waals surface area contributed by atoms with Gasteiger partial charge in [-0.2, -0.15) is 0 Å². The maximum Gasteiger partial charge on any atom is 0.244 e. The van der Waals surface area contributed by atoms with Gasteiger partial charge >= 0.3 is 0 Å². The molecule has 0 heterocycles. The average molecular weight is 498 g/mol. The number of carbonyl (C=O) groups is 2. The minimum atomic E-state index is -3.85. The summed E-state index contributed by atoms with van der Waals surface area (Å²) in [5.74, 6) is -1.37. The van der Waals surface area contributed by atoms with Crippen LogP contribution in [-0.2, 0) is 26.2 Å². The highest BCUT2D eigenvalue weighted by atomic mass is 35.5. The normalized spacial score (nSPS) is 12.2. The van der Waals surface area contributed by atoms with E-state index in [1.54, 1.807) is 32.0 Å². The van der Waals surface area contributed by atoms with Crippen molar-refractivity contribution in [1.82, 2.24) is 10.2 Å². The molecule has 0 bridgehead atoms. The first kappa shape index (κ1) is 26.6. The molecule has 2 rings (SSSR count). The van der Waals surface area contributed by atoms with Crippen LogP contribution in [0.3, 0.4) is 0 Å². The van der Waals surface area contributed by atoms with Crippen molar-refractivity contribution in [3.05, 3.63) is 64.4 Å². The molecular formula is C23H29ClFN3O4S. The fourth-order valence-electron chi connectivity index (χ4n) is 3.23. The van der Waals surface area contributed by atoms with Gasteiger partial charge in [-0.3, -0.25) is 13.9 Å². The van der Waals surface area contributed by atoms with Crippen molar-refractivity contribution >= 4 is 39.1 Å². The van der Waals surface area contributed by atoms with Crippen LogP contribution in [0.1, 0.15) is 31.4 Å². The number of halogens is 2. The van der Waals surface area contributed by atoms with E-state index in [1.807, 2.05) is 6.92 Å². The first-order chi connectivity index (χ1) is 15.5.